The Balaban J connectivity index is 2.01. The van der Waals surface area contributed by atoms with E-state index in [0.717, 1.165) is 18.5 Å². The number of H-pyrrole nitrogens is 1. The molecule has 5 heteroatoms. The Hall–Kier alpha value is -2.43. The SMILES string of the molecule is C[C@H]1CCCN(C(=O)c2ccc(=O)[nH]n2)c2ccccc21. The van der Waals surface area contributed by atoms with Crippen LogP contribution in [0.25, 0.3) is 0 Å². The molecule has 108 valence electrons. The van der Waals surface area contributed by atoms with Crippen LogP contribution in [0.15, 0.2) is 41.2 Å². The number of carbonyl (C=O) groups is 1. The van der Waals surface area contributed by atoms with Crippen LogP contribution in [0.3, 0.4) is 0 Å². The molecule has 1 aliphatic heterocycles. The van der Waals surface area contributed by atoms with Gasteiger partial charge in [-0.05, 0) is 36.5 Å². The number of hydrogen-bond acceptors (Lipinski definition) is 3. The zero-order valence-corrected chi connectivity index (χ0v) is 11.9. The van der Waals surface area contributed by atoms with Crippen molar-refractivity contribution in [3.8, 4) is 0 Å². The van der Waals surface area contributed by atoms with E-state index in [1.165, 1.54) is 17.7 Å². The van der Waals surface area contributed by atoms with Crippen LogP contribution in [-0.2, 0) is 0 Å². The maximum atomic E-state index is 12.7. The number of benzene rings is 1. The van der Waals surface area contributed by atoms with Gasteiger partial charge in [-0.25, -0.2) is 5.10 Å². The maximum Gasteiger partial charge on any atom is 0.278 e. The van der Waals surface area contributed by atoms with Crippen LogP contribution in [0.2, 0.25) is 0 Å². The molecule has 1 N–H and O–H groups in total. The molecule has 0 unspecified atom stereocenters. The van der Waals surface area contributed by atoms with Crippen molar-refractivity contribution in [2.45, 2.75) is 25.7 Å². The zero-order chi connectivity index (χ0) is 14.8. The monoisotopic (exact) mass is 283 g/mol. The minimum Gasteiger partial charge on any atom is -0.307 e. The third-order valence-corrected chi connectivity index (χ3v) is 3.92. The number of hydrogen-bond donors (Lipinski definition) is 1. The molecular weight excluding hydrogens is 266 g/mol. The lowest BCUT2D eigenvalue weighted by molar-refractivity contribution is 0.0981. The van der Waals surface area contributed by atoms with Gasteiger partial charge in [-0.1, -0.05) is 25.1 Å². The van der Waals surface area contributed by atoms with E-state index in [4.69, 9.17) is 0 Å². The van der Waals surface area contributed by atoms with E-state index in [9.17, 15) is 9.59 Å². The molecule has 2 aromatic rings. The molecule has 1 amide bonds. The normalized spacial score (nSPS) is 18.0. The van der Waals surface area contributed by atoms with E-state index in [1.54, 1.807) is 4.90 Å². The quantitative estimate of drug-likeness (QED) is 0.873. The number of amides is 1. The second-order valence-electron chi connectivity index (χ2n) is 5.37. The van der Waals surface area contributed by atoms with Crippen molar-refractivity contribution in [1.29, 1.82) is 0 Å². The van der Waals surface area contributed by atoms with E-state index in [-0.39, 0.29) is 17.2 Å². The van der Waals surface area contributed by atoms with Crippen LogP contribution >= 0.6 is 0 Å². The summed E-state index contributed by atoms with van der Waals surface area (Å²) in [6.45, 7) is 2.85. The fourth-order valence-electron chi connectivity index (χ4n) is 2.79. The van der Waals surface area contributed by atoms with Crippen LogP contribution in [0.4, 0.5) is 5.69 Å². The smallest absolute Gasteiger partial charge is 0.278 e. The van der Waals surface area contributed by atoms with Crippen molar-refractivity contribution in [1.82, 2.24) is 10.2 Å². The molecule has 1 aromatic carbocycles. The minimum absolute atomic E-state index is 0.173. The predicted molar refractivity (Wildman–Crippen MR) is 80.6 cm³/mol. The highest BCUT2D eigenvalue weighted by Gasteiger charge is 2.25. The number of carbonyl (C=O) groups excluding carboxylic acids is 1. The number of anilines is 1. The topological polar surface area (TPSA) is 66.1 Å². The second kappa shape index (κ2) is 5.52. The molecular formula is C16H17N3O2. The van der Waals surface area contributed by atoms with Gasteiger partial charge in [0.25, 0.3) is 11.5 Å². The summed E-state index contributed by atoms with van der Waals surface area (Å²) in [5.74, 6) is 0.260. The first kappa shape index (κ1) is 13.5. The van der Waals surface area contributed by atoms with Crippen LogP contribution < -0.4 is 10.5 Å². The van der Waals surface area contributed by atoms with Gasteiger partial charge in [-0.15, -0.1) is 0 Å². The van der Waals surface area contributed by atoms with Gasteiger partial charge in [0.2, 0.25) is 0 Å². The van der Waals surface area contributed by atoms with Crippen LogP contribution in [0.1, 0.15) is 41.7 Å². The lowest BCUT2D eigenvalue weighted by Crippen LogP contribution is -2.33. The summed E-state index contributed by atoms with van der Waals surface area (Å²) < 4.78 is 0. The number of fused-ring (bicyclic) bond motifs is 1. The number of aromatic nitrogens is 2. The second-order valence-corrected chi connectivity index (χ2v) is 5.37. The molecule has 1 aliphatic rings. The standard InChI is InChI=1S/C16H17N3O2/c1-11-5-4-10-19(14-7-3-2-6-12(11)14)16(21)13-8-9-15(20)18-17-13/h2-3,6-9,11H,4-5,10H2,1H3,(H,18,20)/t11-/m0/s1. The molecule has 0 saturated heterocycles. The average molecular weight is 283 g/mol. The minimum atomic E-state index is -0.309. The first-order valence-corrected chi connectivity index (χ1v) is 7.13. The highest BCUT2D eigenvalue weighted by molar-refractivity contribution is 6.05. The van der Waals surface area contributed by atoms with E-state index in [1.807, 2.05) is 18.2 Å². The summed E-state index contributed by atoms with van der Waals surface area (Å²) in [6.07, 6.45) is 2.00. The van der Waals surface area contributed by atoms with Gasteiger partial charge < -0.3 is 4.90 Å². The van der Waals surface area contributed by atoms with Gasteiger partial charge >= 0.3 is 0 Å². The molecule has 0 bridgehead atoms. The summed E-state index contributed by atoms with van der Waals surface area (Å²) in [4.78, 5) is 25.5. The highest BCUT2D eigenvalue weighted by atomic mass is 16.2. The van der Waals surface area contributed by atoms with Crippen LogP contribution in [0.5, 0.6) is 0 Å². The molecule has 0 fully saturated rings. The van der Waals surface area contributed by atoms with Crippen molar-refractivity contribution >= 4 is 11.6 Å². The predicted octanol–water partition coefficient (Wildman–Crippen LogP) is 2.31. The van der Waals surface area contributed by atoms with Crippen molar-refractivity contribution < 1.29 is 4.79 Å². The summed E-state index contributed by atoms with van der Waals surface area (Å²) in [5.41, 5.74) is 2.09. The summed E-state index contributed by atoms with van der Waals surface area (Å²) in [7, 11) is 0. The third-order valence-electron chi connectivity index (χ3n) is 3.92. The fraction of sp³-hybridized carbons (Fsp3) is 0.312. The largest absolute Gasteiger partial charge is 0.307 e. The third kappa shape index (κ3) is 2.59. The molecule has 0 saturated carbocycles. The van der Waals surface area contributed by atoms with Crippen molar-refractivity contribution in [3.05, 3.63) is 58.0 Å². The summed E-state index contributed by atoms with van der Waals surface area (Å²) in [5, 5.41) is 6.16. The Morgan fingerprint density at radius 3 is 2.86 bits per heavy atom. The maximum absolute atomic E-state index is 12.7. The van der Waals surface area contributed by atoms with Gasteiger partial charge in [0, 0.05) is 18.3 Å². The van der Waals surface area contributed by atoms with Crippen molar-refractivity contribution in [2.24, 2.45) is 0 Å². The van der Waals surface area contributed by atoms with Gasteiger partial charge in [-0.3, -0.25) is 9.59 Å². The number of nitrogens with one attached hydrogen (secondary N) is 1. The first-order chi connectivity index (χ1) is 10.2. The van der Waals surface area contributed by atoms with Crippen molar-refractivity contribution in [3.63, 3.8) is 0 Å². The van der Waals surface area contributed by atoms with Crippen molar-refractivity contribution in [2.75, 3.05) is 11.4 Å². The van der Waals surface area contributed by atoms with E-state index < -0.39 is 0 Å². The van der Waals surface area contributed by atoms with Gasteiger partial charge in [0.1, 0.15) is 5.69 Å². The first-order valence-electron chi connectivity index (χ1n) is 7.13. The van der Waals surface area contributed by atoms with Crippen LogP contribution in [0, 0.1) is 0 Å². The summed E-state index contributed by atoms with van der Waals surface area (Å²) in [6, 6.07) is 10.8. The van der Waals surface area contributed by atoms with Gasteiger partial charge in [-0.2, -0.15) is 5.10 Å². The van der Waals surface area contributed by atoms with E-state index in [2.05, 4.69) is 23.2 Å². The molecule has 3 rings (SSSR count). The fourth-order valence-corrected chi connectivity index (χ4v) is 2.79. The number of aromatic amines is 1. The molecule has 0 aliphatic carbocycles. The van der Waals surface area contributed by atoms with Gasteiger partial charge in [0.15, 0.2) is 0 Å². The molecule has 5 nitrogen and oxygen atoms in total. The van der Waals surface area contributed by atoms with E-state index in [0.29, 0.717) is 12.5 Å². The molecule has 21 heavy (non-hydrogen) atoms. The zero-order valence-electron chi connectivity index (χ0n) is 11.9. The Labute approximate surface area is 122 Å². The average Bonchev–Trinajstić information content (AvgIpc) is 2.67. The Morgan fingerprint density at radius 1 is 1.29 bits per heavy atom. The lowest BCUT2D eigenvalue weighted by Gasteiger charge is -2.23. The molecule has 2 heterocycles. The summed E-state index contributed by atoms with van der Waals surface area (Å²) >= 11 is 0. The Bertz CT molecular complexity index is 703. The van der Waals surface area contributed by atoms with Crippen LogP contribution in [-0.4, -0.2) is 22.6 Å². The number of para-hydroxylation sites is 1. The molecule has 0 spiro atoms. The number of nitrogens with zero attached hydrogens (tertiary/aromatic N) is 2. The lowest BCUT2D eigenvalue weighted by atomic mass is 9.96. The van der Waals surface area contributed by atoms with Gasteiger partial charge in [0.05, 0.1) is 0 Å². The number of rotatable bonds is 1. The molecule has 0 radical (unpaired) electrons. The molecule has 1 atom stereocenters. The highest BCUT2D eigenvalue weighted by Crippen LogP contribution is 2.34. The van der Waals surface area contributed by atoms with E-state index >= 15 is 0 Å². The molecule has 1 aromatic heterocycles. The Morgan fingerprint density at radius 2 is 2.10 bits per heavy atom. The Kier molecular flexibility index (Phi) is 3.56.